The molecule has 4 heterocycles. The average Bonchev–Trinajstić information content (AvgIpc) is 3.12. The number of halogens is 1. The summed E-state index contributed by atoms with van der Waals surface area (Å²) in [6.45, 7) is 1.64. The van der Waals surface area contributed by atoms with Gasteiger partial charge in [-0.2, -0.15) is 0 Å². The third-order valence-corrected chi connectivity index (χ3v) is 5.93. The van der Waals surface area contributed by atoms with Crippen LogP contribution in [-0.2, 0) is 27.9 Å². The van der Waals surface area contributed by atoms with Crippen LogP contribution in [-0.4, -0.2) is 55.3 Å². The molecule has 14 heteroatoms. The summed E-state index contributed by atoms with van der Waals surface area (Å²) in [4.78, 5) is 34.3. The van der Waals surface area contributed by atoms with Gasteiger partial charge in [0.15, 0.2) is 34.0 Å². The zero-order valence-electron chi connectivity index (χ0n) is 14.6. The number of carbonyl (C=O) groups is 1. The highest BCUT2D eigenvalue weighted by atomic mass is 79.9. The lowest BCUT2D eigenvalue weighted by atomic mass is 10.1. The fourth-order valence-corrected chi connectivity index (χ4v) is 4.70. The van der Waals surface area contributed by atoms with Crippen LogP contribution in [0.15, 0.2) is 11.1 Å². The number of carbonyl (C=O) groups excluding carboxylic acids is 1. The van der Waals surface area contributed by atoms with E-state index in [-0.39, 0.29) is 18.8 Å². The van der Waals surface area contributed by atoms with Crippen molar-refractivity contribution < 1.29 is 32.8 Å². The van der Waals surface area contributed by atoms with E-state index in [1.54, 1.807) is 0 Å². The van der Waals surface area contributed by atoms with Gasteiger partial charge in [0.25, 0.3) is 0 Å². The van der Waals surface area contributed by atoms with Crippen molar-refractivity contribution in [2.24, 2.45) is 0 Å². The van der Waals surface area contributed by atoms with Gasteiger partial charge >= 0.3 is 13.8 Å². The van der Waals surface area contributed by atoms with Crippen molar-refractivity contribution in [1.29, 1.82) is 0 Å². The number of imidazole rings is 1. The molecule has 2 aliphatic heterocycles. The van der Waals surface area contributed by atoms with Crippen molar-refractivity contribution in [3.05, 3.63) is 11.1 Å². The number of fused-ring (bicyclic) bond motifs is 2. The first-order chi connectivity index (χ1) is 13.3. The molecule has 2 aromatic rings. The Balaban J connectivity index is 1.76. The molecule has 2 fully saturated rings. The standard InChI is InChI=1S/C14H17BrN5O7P/c1-2-3-7(21)26-10-9-6(4-24-28(22,23)27-9)25-13(10)20-12-8(19-14(20)15)11(16)17-5-18-12/h5-6,9-10,13H,2-4H2,1H3,(H,22,23)(H2,16,17,18)/t6-,9-,10-,13-/m1/s1. The molecule has 4 rings (SSSR count). The normalized spacial score (nSPS) is 32.4. The Morgan fingerprint density at radius 2 is 2.32 bits per heavy atom. The molecule has 0 saturated carbocycles. The quantitative estimate of drug-likeness (QED) is 0.370. The fraction of sp³-hybridized carbons (Fsp3) is 0.571. The molecule has 2 saturated heterocycles. The van der Waals surface area contributed by atoms with Gasteiger partial charge in [0.1, 0.15) is 18.5 Å². The van der Waals surface area contributed by atoms with E-state index in [1.807, 2.05) is 6.92 Å². The molecule has 2 aliphatic rings. The van der Waals surface area contributed by atoms with E-state index in [0.29, 0.717) is 22.3 Å². The average molecular weight is 478 g/mol. The fourth-order valence-electron chi connectivity index (χ4n) is 3.19. The van der Waals surface area contributed by atoms with Crippen molar-refractivity contribution in [3.8, 4) is 0 Å². The van der Waals surface area contributed by atoms with Gasteiger partial charge in [-0.15, -0.1) is 0 Å². The van der Waals surface area contributed by atoms with Crippen molar-refractivity contribution in [1.82, 2.24) is 19.5 Å². The van der Waals surface area contributed by atoms with E-state index in [0.717, 1.165) is 0 Å². The number of esters is 1. The first-order valence-corrected chi connectivity index (χ1v) is 10.7. The third-order valence-electron chi connectivity index (χ3n) is 4.38. The molecule has 3 N–H and O–H groups in total. The SMILES string of the molecule is CCCC(=O)O[C@@H]1[C@@H]2OP(=O)(O)OC[C@H]2O[C@H]1n1c(Br)nc2c(N)ncnc21. The van der Waals surface area contributed by atoms with Gasteiger partial charge in [0.2, 0.25) is 0 Å². The van der Waals surface area contributed by atoms with E-state index >= 15 is 0 Å². The van der Waals surface area contributed by atoms with Crippen LogP contribution in [0.25, 0.3) is 11.2 Å². The molecular weight excluding hydrogens is 461 g/mol. The predicted molar refractivity (Wildman–Crippen MR) is 96.8 cm³/mol. The molecule has 0 amide bonds. The number of nitrogens with zero attached hydrogens (tertiary/aromatic N) is 4. The van der Waals surface area contributed by atoms with Crippen LogP contribution in [0.4, 0.5) is 5.82 Å². The Morgan fingerprint density at radius 3 is 3.07 bits per heavy atom. The third kappa shape index (κ3) is 3.42. The van der Waals surface area contributed by atoms with Gasteiger partial charge < -0.3 is 20.1 Å². The van der Waals surface area contributed by atoms with E-state index in [1.165, 1.54) is 10.9 Å². The lowest BCUT2D eigenvalue weighted by Crippen LogP contribution is -2.41. The van der Waals surface area contributed by atoms with Crippen molar-refractivity contribution in [3.63, 3.8) is 0 Å². The molecule has 0 aromatic carbocycles. The monoisotopic (exact) mass is 477 g/mol. The van der Waals surface area contributed by atoms with Gasteiger partial charge in [-0.05, 0) is 22.4 Å². The molecular formula is C14H17BrN5O7P. The summed E-state index contributed by atoms with van der Waals surface area (Å²) in [5.41, 5.74) is 6.53. The highest BCUT2D eigenvalue weighted by Gasteiger charge is 2.55. The van der Waals surface area contributed by atoms with E-state index in [2.05, 4.69) is 30.9 Å². The zero-order chi connectivity index (χ0) is 20.1. The van der Waals surface area contributed by atoms with Gasteiger partial charge in [0.05, 0.1) is 6.61 Å². The second-order valence-electron chi connectivity index (χ2n) is 6.29. The molecule has 152 valence electrons. The Labute approximate surface area is 167 Å². The summed E-state index contributed by atoms with van der Waals surface area (Å²) in [5.74, 6) is -0.321. The smallest absolute Gasteiger partial charge is 0.455 e. The molecule has 5 atom stereocenters. The minimum absolute atomic E-state index is 0.166. The largest absolute Gasteiger partial charge is 0.472 e. The number of nitrogens with two attached hydrogens (primary N) is 1. The molecule has 28 heavy (non-hydrogen) atoms. The molecule has 1 unspecified atom stereocenters. The minimum atomic E-state index is -4.28. The second kappa shape index (κ2) is 7.32. The maximum Gasteiger partial charge on any atom is 0.472 e. The number of anilines is 1. The first kappa shape index (κ1) is 19.7. The van der Waals surface area contributed by atoms with Gasteiger partial charge in [0, 0.05) is 6.42 Å². The van der Waals surface area contributed by atoms with E-state index in [4.69, 9.17) is 24.3 Å². The number of nitrogen functional groups attached to an aromatic ring is 1. The zero-order valence-corrected chi connectivity index (χ0v) is 17.1. The molecule has 0 radical (unpaired) electrons. The topological polar surface area (TPSA) is 161 Å². The summed E-state index contributed by atoms with van der Waals surface area (Å²) in [7, 11) is -4.28. The number of hydrogen-bond donors (Lipinski definition) is 2. The van der Waals surface area contributed by atoms with Gasteiger partial charge in [-0.3, -0.25) is 18.4 Å². The molecule has 0 spiro atoms. The number of rotatable bonds is 4. The molecule has 0 aliphatic carbocycles. The number of ether oxygens (including phenoxy) is 2. The second-order valence-corrected chi connectivity index (χ2v) is 8.40. The number of hydrogen-bond acceptors (Lipinski definition) is 10. The number of aromatic nitrogens is 4. The Hall–Kier alpha value is -1.63. The molecule has 12 nitrogen and oxygen atoms in total. The van der Waals surface area contributed by atoms with Crippen LogP contribution in [0.3, 0.4) is 0 Å². The molecule has 2 aromatic heterocycles. The maximum absolute atomic E-state index is 12.2. The lowest BCUT2D eigenvalue weighted by Gasteiger charge is -2.29. The van der Waals surface area contributed by atoms with Gasteiger partial charge in [-0.25, -0.2) is 19.5 Å². The first-order valence-electron chi connectivity index (χ1n) is 8.45. The van der Waals surface area contributed by atoms with Crippen LogP contribution in [0.1, 0.15) is 26.0 Å². The van der Waals surface area contributed by atoms with Gasteiger partial charge in [-0.1, -0.05) is 6.92 Å². The van der Waals surface area contributed by atoms with Crippen molar-refractivity contribution >= 4 is 46.7 Å². The number of phosphoric ester groups is 1. The maximum atomic E-state index is 12.2. The summed E-state index contributed by atoms with van der Waals surface area (Å²) in [6, 6.07) is 0. The summed E-state index contributed by atoms with van der Waals surface area (Å²) < 4.78 is 35.3. The van der Waals surface area contributed by atoms with Crippen LogP contribution in [0.2, 0.25) is 0 Å². The number of phosphoric acid groups is 1. The Bertz CT molecular complexity index is 971. The summed E-state index contributed by atoms with van der Waals surface area (Å²) >= 11 is 3.33. The van der Waals surface area contributed by atoms with Crippen LogP contribution in [0.5, 0.6) is 0 Å². The van der Waals surface area contributed by atoms with Crippen LogP contribution < -0.4 is 5.73 Å². The van der Waals surface area contributed by atoms with E-state index < -0.39 is 38.3 Å². The van der Waals surface area contributed by atoms with Crippen LogP contribution in [0, 0.1) is 0 Å². The predicted octanol–water partition coefficient (Wildman–Crippen LogP) is 1.30. The molecule has 0 bridgehead atoms. The highest BCUT2D eigenvalue weighted by molar-refractivity contribution is 9.10. The summed E-state index contributed by atoms with van der Waals surface area (Å²) in [6.07, 6.45) is -1.68. The minimum Gasteiger partial charge on any atom is -0.455 e. The highest BCUT2D eigenvalue weighted by Crippen LogP contribution is 2.53. The van der Waals surface area contributed by atoms with E-state index in [9.17, 15) is 14.3 Å². The summed E-state index contributed by atoms with van der Waals surface area (Å²) in [5, 5.41) is 0. The lowest BCUT2D eigenvalue weighted by molar-refractivity contribution is -0.158. The Morgan fingerprint density at radius 1 is 1.54 bits per heavy atom. The van der Waals surface area contributed by atoms with Crippen molar-refractivity contribution in [2.45, 2.75) is 44.3 Å². The Kier molecular flexibility index (Phi) is 5.14. The van der Waals surface area contributed by atoms with Crippen LogP contribution >= 0.6 is 23.8 Å². The van der Waals surface area contributed by atoms with Crippen molar-refractivity contribution in [2.75, 3.05) is 12.3 Å².